The van der Waals surface area contributed by atoms with Gasteiger partial charge >= 0.3 is 6.09 Å². The molecule has 2 amide bonds. The lowest BCUT2D eigenvalue weighted by Gasteiger charge is -2.33. The number of rotatable bonds is 6. The van der Waals surface area contributed by atoms with Crippen molar-refractivity contribution in [1.82, 2.24) is 10.6 Å². The van der Waals surface area contributed by atoms with Crippen molar-refractivity contribution in [3.63, 3.8) is 0 Å². The van der Waals surface area contributed by atoms with Gasteiger partial charge in [0.15, 0.2) is 0 Å². The molecule has 1 rings (SSSR count). The summed E-state index contributed by atoms with van der Waals surface area (Å²) in [7, 11) is -3.61. The molecule has 0 aromatic carbocycles. The fourth-order valence-corrected chi connectivity index (χ4v) is 3.52. The van der Waals surface area contributed by atoms with Crippen molar-refractivity contribution < 1.29 is 26.9 Å². The SMILES string of the molecule is CC(C)[C@@H](NC(=O)OC(C)(C)C)C(=O)NC1CCCC[C@@H]1OS(C)(=O)=O. The van der Waals surface area contributed by atoms with E-state index >= 15 is 0 Å². The highest BCUT2D eigenvalue weighted by molar-refractivity contribution is 7.86. The number of carbonyl (C=O) groups excluding carboxylic acids is 2. The average Bonchev–Trinajstić information content (AvgIpc) is 2.43. The molecule has 0 aromatic heterocycles. The lowest BCUT2D eigenvalue weighted by atomic mass is 9.92. The molecule has 1 aliphatic carbocycles. The van der Waals surface area contributed by atoms with Crippen molar-refractivity contribution in [2.75, 3.05) is 6.26 Å². The van der Waals surface area contributed by atoms with Crippen LogP contribution in [0.4, 0.5) is 4.79 Å². The maximum Gasteiger partial charge on any atom is 0.408 e. The molecule has 0 saturated heterocycles. The van der Waals surface area contributed by atoms with Gasteiger partial charge in [0.05, 0.1) is 18.4 Å². The fraction of sp³-hybridized carbons (Fsp3) is 0.882. The third kappa shape index (κ3) is 8.35. The van der Waals surface area contributed by atoms with Crippen LogP contribution in [-0.2, 0) is 23.8 Å². The first kappa shape index (κ1) is 22.7. The van der Waals surface area contributed by atoms with Gasteiger partial charge in [0.2, 0.25) is 5.91 Å². The Hall–Kier alpha value is -1.35. The number of amides is 2. The molecule has 9 heteroatoms. The highest BCUT2D eigenvalue weighted by atomic mass is 32.2. The minimum atomic E-state index is -3.61. The van der Waals surface area contributed by atoms with E-state index in [0.29, 0.717) is 12.8 Å². The molecule has 0 aromatic rings. The summed E-state index contributed by atoms with van der Waals surface area (Å²) in [4.78, 5) is 24.7. The predicted molar refractivity (Wildman–Crippen MR) is 98.1 cm³/mol. The van der Waals surface area contributed by atoms with Crippen molar-refractivity contribution in [1.29, 1.82) is 0 Å². The van der Waals surface area contributed by atoms with E-state index in [-0.39, 0.29) is 11.8 Å². The van der Waals surface area contributed by atoms with Crippen LogP contribution in [0.25, 0.3) is 0 Å². The molecule has 152 valence electrons. The highest BCUT2D eigenvalue weighted by Crippen LogP contribution is 2.23. The van der Waals surface area contributed by atoms with Crippen LogP contribution in [0.1, 0.15) is 60.3 Å². The van der Waals surface area contributed by atoms with Gasteiger partial charge in [0.25, 0.3) is 10.1 Å². The van der Waals surface area contributed by atoms with Gasteiger partial charge < -0.3 is 15.4 Å². The summed E-state index contributed by atoms with van der Waals surface area (Å²) in [6.07, 6.45) is 2.65. The zero-order valence-electron chi connectivity index (χ0n) is 16.5. The van der Waals surface area contributed by atoms with Gasteiger partial charge in [-0.1, -0.05) is 26.7 Å². The third-order valence-corrected chi connectivity index (χ3v) is 4.55. The Morgan fingerprint density at radius 2 is 1.69 bits per heavy atom. The first-order valence-electron chi connectivity index (χ1n) is 8.96. The number of nitrogens with one attached hydrogen (secondary N) is 2. The second kappa shape index (κ2) is 9.03. The molecule has 0 aliphatic heterocycles. The van der Waals surface area contributed by atoms with Gasteiger partial charge in [0, 0.05) is 0 Å². The smallest absolute Gasteiger partial charge is 0.408 e. The van der Waals surface area contributed by atoms with Crippen molar-refractivity contribution in [3.8, 4) is 0 Å². The lowest BCUT2D eigenvalue weighted by molar-refractivity contribution is -0.126. The maximum atomic E-state index is 12.7. The summed E-state index contributed by atoms with van der Waals surface area (Å²) in [5.41, 5.74) is -0.667. The molecule has 8 nitrogen and oxygen atoms in total. The Balaban J connectivity index is 2.77. The summed E-state index contributed by atoms with van der Waals surface area (Å²) in [5.74, 6) is -0.541. The monoisotopic (exact) mass is 392 g/mol. The number of hydrogen-bond donors (Lipinski definition) is 2. The second-order valence-corrected chi connectivity index (χ2v) is 9.71. The molecule has 26 heavy (non-hydrogen) atoms. The summed E-state index contributed by atoms with van der Waals surface area (Å²) in [5, 5.41) is 5.44. The Kier molecular flexibility index (Phi) is 7.88. The Bertz CT molecular complexity index is 597. The third-order valence-electron chi connectivity index (χ3n) is 3.95. The zero-order valence-corrected chi connectivity index (χ0v) is 17.3. The topological polar surface area (TPSA) is 111 Å². The van der Waals surface area contributed by atoms with E-state index in [2.05, 4.69) is 10.6 Å². The van der Waals surface area contributed by atoms with Crippen molar-refractivity contribution >= 4 is 22.1 Å². The number of ether oxygens (including phenoxy) is 1. The standard InChI is InChI=1S/C17H32N2O6S/c1-11(2)14(19-16(21)24-17(3,4)5)15(20)18-12-9-7-8-10-13(12)25-26(6,22)23/h11-14H,7-10H2,1-6H3,(H,18,20)(H,19,21)/t12?,13-,14+/m0/s1. The Morgan fingerprint density at radius 1 is 1.12 bits per heavy atom. The first-order valence-corrected chi connectivity index (χ1v) is 10.8. The lowest BCUT2D eigenvalue weighted by Crippen LogP contribution is -2.56. The van der Waals surface area contributed by atoms with Crippen LogP contribution in [-0.4, -0.2) is 50.5 Å². The van der Waals surface area contributed by atoms with Crippen molar-refractivity contribution in [3.05, 3.63) is 0 Å². The average molecular weight is 393 g/mol. The van der Waals surface area contributed by atoms with Gasteiger partial charge in [-0.3, -0.25) is 8.98 Å². The molecule has 0 radical (unpaired) electrons. The van der Waals surface area contributed by atoms with Crippen molar-refractivity contribution in [2.24, 2.45) is 5.92 Å². The number of alkyl carbamates (subject to hydrolysis) is 1. The van der Waals surface area contributed by atoms with Gasteiger partial charge in [-0.15, -0.1) is 0 Å². The van der Waals surface area contributed by atoms with E-state index in [9.17, 15) is 18.0 Å². The van der Waals surface area contributed by atoms with Gasteiger partial charge in [-0.2, -0.15) is 8.42 Å². The summed E-state index contributed by atoms with van der Waals surface area (Å²) >= 11 is 0. The normalized spacial score (nSPS) is 22.6. The predicted octanol–water partition coefficient (Wildman–Crippen LogP) is 1.94. The molecule has 1 aliphatic rings. The summed E-state index contributed by atoms with van der Waals surface area (Å²) in [6, 6.07) is -1.20. The summed E-state index contributed by atoms with van der Waals surface area (Å²) in [6.45, 7) is 8.85. The molecule has 2 N–H and O–H groups in total. The van der Waals surface area contributed by atoms with Gasteiger partial charge in [0.1, 0.15) is 11.6 Å². The molecule has 0 spiro atoms. The molecule has 0 heterocycles. The number of hydrogen-bond acceptors (Lipinski definition) is 6. The second-order valence-electron chi connectivity index (χ2n) is 8.11. The van der Waals surface area contributed by atoms with Crippen LogP contribution in [0.2, 0.25) is 0 Å². The van der Waals surface area contributed by atoms with E-state index in [1.807, 2.05) is 13.8 Å². The molecule has 0 bridgehead atoms. The van der Waals surface area contributed by atoms with E-state index < -0.39 is 40.0 Å². The van der Waals surface area contributed by atoms with Crippen LogP contribution in [0, 0.1) is 5.92 Å². The molecule has 3 atom stereocenters. The van der Waals surface area contributed by atoms with E-state index in [1.54, 1.807) is 20.8 Å². The minimum absolute atomic E-state index is 0.166. The zero-order chi connectivity index (χ0) is 20.1. The minimum Gasteiger partial charge on any atom is -0.444 e. The Labute approximate surface area is 156 Å². The Morgan fingerprint density at radius 3 is 2.19 bits per heavy atom. The maximum absolute atomic E-state index is 12.7. The largest absolute Gasteiger partial charge is 0.444 e. The van der Waals surface area contributed by atoms with Crippen LogP contribution < -0.4 is 10.6 Å². The fourth-order valence-electron chi connectivity index (χ4n) is 2.84. The molecular weight excluding hydrogens is 360 g/mol. The van der Waals surface area contributed by atoms with Crippen molar-refractivity contribution in [2.45, 2.75) is 84.1 Å². The molecular formula is C17H32N2O6S. The highest BCUT2D eigenvalue weighted by Gasteiger charge is 2.33. The van der Waals surface area contributed by atoms with E-state index in [4.69, 9.17) is 8.92 Å². The van der Waals surface area contributed by atoms with E-state index in [1.165, 1.54) is 0 Å². The van der Waals surface area contributed by atoms with Gasteiger partial charge in [-0.25, -0.2) is 4.79 Å². The van der Waals surface area contributed by atoms with Gasteiger partial charge in [-0.05, 0) is 39.5 Å². The molecule has 1 saturated carbocycles. The van der Waals surface area contributed by atoms with Crippen LogP contribution in [0.15, 0.2) is 0 Å². The number of carbonyl (C=O) groups is 2. The molecule has 1 fully saturated rings. The van der Waals surface area contributed by atoms with Crippen LogP contribution in [0.3, 0.4) is 0 Å². The van der Waals surface area contributed by atoms with Crippen LogP contribution in [0.5, 0.6) is 0 Å². The van der Waals surface area contributed by atoms with E-state index in [0.717, 1.165) is 19.1 Å². The molecule has 1 unspecified atom stereocenters. The van der Waals surface area contributed by atoms with Crippen LogP contribution >= 0.6 is 0 Å². The first-order chi connectivity index (χ1) is 11.8. The quantitative estimate of drug-likeness (QED) is 0.668. The summed E-state index contributed by atoms with van der Waals surface area (Å²) < 4.78 is 33.2.